The molecule has 0 aliphatic rings. The predicted molar refractivity (Wildman–Crippen MR) is 91.8 cm³/mol. The predicted octanol–water partition coefficient (Wildman–Crippen LogP) is 2.08. The average molecular weight is 361 g/mol. The van der Waals surface area contributed by atoms with Crippen LogP contribution in [0.25, 0.3) is 0 Å². The number of benzene rings is 2. The highest BCUT2D eigenvalue weighted by molar-refractivity contribution is 5.96. The van der Waals surface area contributed by atoms with Gasteiger partial charge < -0.3 is 16.0 Å². The van der Waals surface area contributed by atoms with Crippen LogP contribution < -0.4 is 16.0 Å². The first-order valence-corrected chi connectivity index (χ1v) is 7.76. The fourth-order valence-electron chi connectivity index (χ4n) is 2.13. The summed E-state index contributed by atoms with van der Waals surface area (Å²) in [5.41, 5.74) is 0.661. The summed E-state index contributed by atoms with van der Waals surface area (Å²) >= 11 is 0. The van der Waals surface area contributed by atoms with Crippen LogP contribution in [0.2, 0.25) is 0 Å². The van der Waals surface area contributed by atoms with E-state index in [9.17, 15) is 23.2 Å². The minimum Gasteiger partial charge on any atom is -0.355 e. The summed E-state index contributed by atoms with van der Waals surface area (Å²) in [5, 5.41) is 7.49. The van der Waals surface area contributed by atoms with Crippen molar-refractivity contribution in [2.45, 2.75) is 6.42 Å². The summed E-state index contributed by atoms with van der Waals surface area (Å²) in [6.45, 7) is -0.0161. The number of nitrogens with one attached hydrogen (secondary N) is 3. The molecule has 0 unspecified atom stereocenters. The monoisotopic (exact) mass is 361 g/mol. The molecule has 6 nitrogen and oxygen atoms in total. The van der Waals surface area contributed by atoms with Crippen LogP contribution >= 0.6 is 0 Å². The van der Waals surface area contributed by atoms with Crippen molar-refractivity contribution in [2.24, 2.45) is 0 Å². The molecule has 0 aliphatic carbocycles. The maximum absolute atomic E-state index is 13.5. The van der Waals surface area contributed by atoms with Crippen LogP contribution in [-0.4, -0.2) is 31.3 Å². The van der Waals surface area contributed by atoms with Crippen LogP contribution in [0.5, 0.6) is 0 Å². The van der Waals surface area contributed by atoms with Gasteiger partial charge in [-0.1, -0.05) is 0 Å². The molecule has 26 heavy (non-hydrogen) atoms. The lowest BCUT2D eigenvalue weighted by atomic mass is 10.2. The Balaban J connectivity index is 1.81. The second-order valence-corrected chi connectivity index (χ2v) is 5.33. The van der Waals surface area contributed by atoms with Gasteiger partial charge in [-0.3, -0.25) is 14.4 Å². The van der Waals surface area contributed by atoms with Crippen molar-refractivity contribution in [1.82, 2.24) is 10.6 Å². The summed E-state index contributed by atoms with van der Waals surface area (Å²) < 4.78 is 26.3. The summed E-state index contributed by atoms with van der Waals surface area (Å²) in [6.07, 6.45) is -0.0360. The first-order valence-electron chi connectivity index (χ1n) is 7.76. The lowest BCUT2D eigenvalue weighted by Gasteiger charge is -2.08. The highest BCUT2D eigenvalue weighted by atomic mass is 19.1. The molecule has 8 heteroatoms. The highest BCUT2D eigenvalue weighted by Crippen LogP contribution is 2.11. The molecule has 0 heterocycles. The van der Waals surface area contributed by atoms with Gasteiger partial charge in [0, 0.05) is 37.3 Å². The SMILES string of the molecule is CNC(=O)c1ccc(NC(=O)CCNC(=O)c2ccc(F)cc2F)cc1. The fraction of sp³-hybridized carbons (Fsp3) is 0.167. The van der Waals surface area contributed by atoms with E-state index in [1.54, 1.807) is 24.3 Å². The molecule has 0 spiro atoms. The first-order chi connectivity index (χ1) is 12.4. The van der Waals surface area contributed by atoms with Crippen molar-refractivity contribution in [2.75, 3.05) is 18.9 Å². The van der Waals surface area contributed by atoms with Gasteiger partial charge in [-0.05, 0) is 36.4 Å². The van der Waals surface area contributed by atoms with Crippen molar-refractivity contribution in [3.8, 4) is 0 Å². The van der Waals surface area contributed by atoms with Crippen molar-refractivity contribution in [1.29, 1.82) is 0 Å². The lowest BCUT2D eigenvalue weighted by Crippen LogP contribution is -2.28. The molecule has 0 atom stereocenters. The Morgan fingerprint density at radius 2 is 1.65 bits per heavy atom. The van der Waals surface area contributed by atoms with Gasteiger partial charge >= 0.3 is 0 Å². The largest absolute Gasteiger partial charge is 0.355 e. The van der Waals surface area contributed by atoms with Crippen molar-refractivity contribution in [3.63, 3.8) is 0 Å². The number of halogens is 2. The molecule has 0 aromatic heterocycles. The number of carbonyl (C=O) groups is 3. The topological polar surface area (TPSA) is 87.3 Å². The molecule has 2 aromatic rings. The van der Waals surface area contributed by atoms with E-state index in [0.29, 0.717) is 17.3 Å². The third kappa shape index (κ3) is 5.10. The molecule has 3 amide bonds. The number of amides is 3. The molecule has 136 valence electrons. The van der Waals surface area contributed by atoms with E-state index >= 15 is 0 Å². The molecule has 3 N–H and O–H groups in total. The standard InChI is InChI=1S/C18H17F2N3O3/c1-21-17(25)11-2-5-13(6-3-11)23-16(24)8-9-22-18(26)14-7-4-12(19)10-15(14)20/h2-7,10H,8-9H2,1H3,(H,21,25)(H,22,26)(H,23,24). The zero-order valence-corrected chi connectivity index (χ0v) is 13.9. The Labute approximate surface area is 148 Å². The van der Waals surface area contributed by atoms with E-state index < -0.39 is 17.5 Å². The molecule has 0 bridgehead atoms. The van der Waals surface area contributed by atoms with E-state index in [1.807, 2.05) is 0 Å². The number of hydrogen-bond acceptors (Lipinski definition) is 3. The zero-order valence-electron chi connectivity index (χ0n) is 13.9. The van der Waals surface area contributed by atoms with Crippen molar-refractivity contribution < 1.29 is 23.2 Å². The normalized spacial score (nSPS) is 10.1. The maximum Gasteiger partial charge on any atom is 0.254 e. The minimum atomic E-state index is -0.969. The lowest BCUT2D eigenvalue weighted by molar-refractivity contribution is -0.116. The second kappa shape index (κ2) is 8.70. The molecule has 2 aromatic carbocycles. The summed E-state index contributed by atoms with van der Waals surface area (Å²) in [4.78, 5) is 35.1. The van der Waals surface area contributed by atoms with Crippen molar-refractivity contribution in [3.05, 3.63) is 65.2 Å². The minimum absolute atomic E-state index is 0.0161. The molecular weight excluding hydrogens is 344 g/mol. The fourth-order valence-corrected chi connectivity index (χ4v) is 2.13. The summed E-state index contributed by atoms with van der Waals surface area (Å²) in [6, 6.07) is 8.91. The number of anilines is 1. The van der Waals surface area contributed by atoms with Crippen LogP contribution in [0.3, 0.4) is 0 Å². The Bertz CT molecular complexity index is 823. The van der Waals surface area contributed by atoms with Crippen molar-refractivity contribution >= 4 is 23.4 Å². The van der Waals surface area contributed by atoms with Gasteiger partial charge in [0.25, 0.3) is 11.8 Å². The number of rotatable bonds is 6. The maximum atomic E-state index is 13.5. The number of hydrogen-bond donors (Lipinski definition) is 3. The van der Waals surface area contributed by atoms with Gasteiger partial charge in [-0.2, -0.15) is 0 Å². The van der Waals surface area contributed by atoms with Gasteiger partial charge in [-0.25, -0.2) is 8.78 Å². The van der Waals surface area contributed by atoms with Gasteiger partial charge in [0.15, 0.2) is 0 Å². The van der Waals surface area contributed by atoms with E-state index in [0.717, 1.165) is 12.1 Å². The van der Waals surface area contributed by atoms with Gasteiger partial charge in [-0.15, -0.1) is 0 Å². The smallest absolute Gasteiger partial charge is 0.254 e. The molecule has 0 fully saturated rings. The highest BCUT2D eigenvalue weighted by Gasteiger charge is 2.12. The molecule has 0 saturated carbocycles. The van der Waals surface area contributed by atoms with Crippen LogP contribution in [0.15, 0.2) is 42.5 Å². The molecule has 0 saturated heterocycles. The molecule has 0 radical (unpaired) electrons. The summed E-state index contributed by atoms with van der Waals surface area (Å²) in [7, 11) is 1.52. The second-order valence-electron chi connectivity index (χ2n) is 5.33. The van der Waals surface area contributed by atoms with Crippen LogP contribution in [-0.2, 0) is 4.79 Å². The third-order valence-electron chi connectivity index (χ3n) is 3.47. The Morgan fingerprint density at radius 3 is 2.27 bits per heavy atom. The van der Waals surface area contributed by atoms with Gasteiger partial charge in [0.2, 0.25) is 5.91 Å². The van der Waals surface area contributed by atoms with E-state index in [2.05, 4.69) is 16.0 Å². The summed E-state index contributed by atoms with van der Waals surface area (Å²) in [5.74, 6) is -3.08. The molecule has 2 rings (SSSR count). The van der Waals surface area contributed by atoms with Crippen LogP contribution in [0.4, 0.5) is 14.5 Å². The quantitative estimate of drug-likeness (QED) is 0.736. The van der Waals surface area contributed by atoms with E-state index in [1.165, 1.54) is 7.05 Å². The molecule has 0 aliphatic heterocycles. The Kier molecular flexibility index (Phi) is 6.37. The zero-order chi connectivity index (χ0) is 19.1. The van der Waals surface area contributed by atoms with Crippen LogP contribution in [0.1, 0.15) is 27.1 Å². The van der Waals surface area contributed by atoms with E-state index in [4.69, 9.17) is 0 Å². The first kappa shape index (κ1) is 19.0. The Morgan fingerprint density at radius 1 is 0.962 bits per heavy atom. The third-order valence-corrected chi connectivity index (χ3v) is 3.47. The van der Waals surface area contributed by atoms with Crippen LogP contribution in [0, 0.1) is 11.6 Å². The molecular formula is C18H17F2N3O3. The van der Waals surface area contributed by atoms with E-state index in [-0.39, 0.29) is 30.3 Å². The number of carbonyl (C=O) groups excluding carboxylic acids is 3. The Hall–Kier alpha value is -3.29. The van der Waals surface area contributed by atoms with Gasteiger partial charge in [0.1, 0.15) is 11.6 Å². The average Bonchev–Trinajstić information content (AvgIpc) is 2.61. The van der Waals surface area contributed by atoms with Gasteiger partial charge in [0.05, 0.1) is 5.56 Å².